The molecule has 0 fully saturated rings. The number of benzene rings is 3. The average molecular weight is 506 g/mol. The maximum absolute atomic E-state index is 12.6. The summed E-state index contributed by atoms with van der Waals surface area (Å²) >= 11 is 0. The second-order valence-electron chi connectivity index (χ2n) is 10.3. The van der Waals surface area contributed by atoms with Gasteiger partial charge in [-0.2, -0.15) is 0 Å². The van der Waals surface area contributed by atoms with Crippen LogP contribution in [0.3, 0.4) is 0 Å². The zero-order valence-corrected chi connectivity index (χ0v) is 22.6. The molecule has 3 aromatic carbocycles. The van der Waals surface area contributed by atoms with Crippen LogP contribution in [0.1, 0.15) is 48.7 Å². The number of hydroxylamine groups is 2. The molecule has 0 saturated heterocycles. The van der Waals surface area contributed by atoms with E-state index in [9.17, 15) is 9.59 Å². The number of carbonyl (C=O) groups excluding carboxylic acids is 2. The molecule has 0 unspecified atom stereocenters. The molecule has 0 spiro atoms. The molecule has 37 heavy (non-hydrogen) atoms. The van der Waals surface area contributed by atoms with Gasteiger partial charge >= 0.3 is 0 Å². The Morgan fingerprint density at radius 3 is 2.30 bits per heavy atom. The standard InChI is InChI=1S/C30H39N3O4/c1-30(2,3)37-33(22-34)21-24-10-8-23(9-11-24)7-6-17-32(4)18-16-31-29(35)27-13-12-26-20-28(36-5)15-14-25(26)19-27/h8-15,19-20,22H,6-7,16-18,21H2,1-5H3,(H,31,35). The summed E-state index contributed by atoms with van der Waals surface area (Å²) in [5.74, 6) is 0.740. The minimum atomic E-state index is -0.415. The molecule has 0 saturated carbocycles. The highest BCUT2D eigenvalue weighted by Gasteiger charge is 2.16. The Hall–Kier alpha value is -3.42. The fraction of sp³-hybridized carbons (Fsp3) is 0.400. The first-order chi connectivity index (χ1) is 17.7. The van der Waals surface area contributed by atoms with Crippen molar-refractivity contribution in [2.45, 2.75) is 45.8 Å². The number of fused-ring (bicyclic) bond motifs is 1. The van der Waals surface area contributed by atoms with Crippen LogP contribution in [0.4, 0.5) is 0 Å². The van der Waals surface area contributed by atoms with E-state index < -0.39 is 5.60 Å². The average Bonchev–Trinajstić information content (AvgIpc) is 2.87. The van der Waals surface area contributed by atoms with Gasteiger partial charge in [0, 0.05) is 18.7 Å². The molecule has 0 aliphatic heterocycles. The maximum Gasteiger partial charge on any atom is 0.251 e. The molecule has 0 bridgehead atoms. The van der Waals surface area contributed by atoms with E-state index in [1.165, 1.54) is 10.6 Å². The van der Waals surface area contributed by atoms with Crippen molar-refractivity contribution in [3.8, 4) is 5.75 Å². The predicted molar refractivity (Wildman–Crippen MR) is 148 cm³/mol. The summed E-state index contributed by atoms with van der Waals surface area (Å²) in [7, 11) is 3.72. The lowest BCUT2D eigenvalue weighted by molar-refractivity contribution is -0.220. The molecule has 3 aromatic rings. The van der Waals surface area contributed by atoms with Gasteiger partial charge in [-0.1, -0.05) is 36.4 Å². The van der Waals surface area contributed by atoms with Crippen molar-refractivity contribution < 1.29 is 19.2 Å². The fourth-order valence-electron chi connectivity index (χ4n) is 4.05. The van der Waals surface area contributed by atoms with Crippen LogP contribution in [0, 0.1) is 0 Å². The molecule has 3 rings (SSSR count). The van der Waals surface area contributed by atoms with Crippen molar-refractivity contribution in [1.82, 2.24) is 15.3 Å². The van der Waals surface area contributed by atoms with Gasteiger partial charge in [0.05, 0.1) is 19.3 Å². The van der Waals surface area contributed by atoms with Gasteiger partial charge < -0.3 is 15.0 Å². The van der Waals surface area contributed by atoms with Crippen LogP contribution in [0.25, 0.3) is 10.8 Å². The lowest BCUT2D eigenvalue weighted by Gasteiger charge is -2.26. The van der Waals surface area contributed by atoms with E-state index in [0.717, 1.165) is 54.4 Å². The number of carbonyl (C=O) groups is 2. The number of amides is 2. The van der Waals surface area contributed by atoms with Crippen LogP contribution < -0.4 is 10.1 Å². The predicted octanol–water partition coefficient (Wildman–Crippen LogP) is 4.83. The number of ether oxygens (including phenoxy) is 1. The van der Waals surface area contributed by atoms with Gasteiger partial charge in [0.1, 0.15) is 5.75 Å². The molecular weight excluding hydrogens is 466 g/mol. The third-order valence-corrected chi connectivity index (χ3v) is 5.96. The van der Waals surface area contributed by atoms with Crippen LogP contribution in [-0.2, 0) is 22.6 Å². The number of aryl methyl sites for hydroxylation is 1. The van der Waals surface area contributed by atoms with Crippen LogP contribution in [-0.4, -0.2) is 61.7 Å². The summed E-state index contributed by atoms with van der Waals surface area (Å²) in [6.07, 6.45) is 2.71. The maximum atomic E-state index is 12.6. The number of methoxy groups -OCH3 is 1. The lowest BCUT2D eigenvalue weighted by atomic mass is 10.1. The van der Waals surface area contributed by atoms with Crippen molar-refractivity contribution in [1.29, 1.82) is 0 Å². The van der Waals surface area contributed by atoms with E-state index in [1.54, 1.807) is 7.11 Å². The van der Waals surface area contributed by atoms with Gasteiger partial charge in [-0.05, 0) is 93.4 Å². The number of nitrogens with one attached hydrogen (secondary N) is 1. The quantitative estimate of drug-likeness (QED) is 0.266. The summed E-state index contributed by atoms with van der Waals surface area (Å²) in [5, 5.41) is 6.41. The second kappa shape index (κ2) is 13.2. The normalized spacial score (nSPS) is 11.5. The van der Waals surface area contributed by atoms with Crippen molar-refractivity contribution >= 4 is 23.1 Å². The third kappa shape index (κ3) is 9.19. The largest absolute Gasteiger partial charge is 0.497 e. The van der Waals surface area contributed by atoms with Crippen molar-refractivity contribution in [3.05, 3.63) is 77.4 Å². The molecule has 0 atom stereocenters. The molecule has 0 radical (unpaired) electrons. The Labute approximate surface area is 220 Å². The van der Waals surface area contributed by atoms with E-state index in [1.807, 2.05) is 69.3 Å². The van der Waals surface area contributed by atoms with E-state index in [2.05, 4.69) is 29.4 Å². The van der Waals surface area contributed by atoms with Crippen molar-refractivity contribution in [3.63, 3.8) is 0 Å². The number of likely N-dealkylation sites (N-methyl/N-ethyl adjacent to an activating group) is 1. The van der Waals surface area contributed by atoms with Gasteiger partial charge in [-0.3, -0.25) is 14.4 Å². The van der Waals surface area contributed by atoms with Gasteiger partial charge in [0.2, 0.25) is 6.41 Å². The molecule has 0 aliphatic rings. The van der Waals surface area contributed by atoms with E-state index in [4.69, 9.17) is 9.57 Å². The molecule has 1 N–H and O–H groups in total. The highest BCUT2D eigenvalue weighted by molar-refractivity contribution is 5.98. The fourth-order valence-corrected chi connectivity index (χ4v) is 4.05. The molecular formula is C30H39N3O4. The molecule has 0 aromatic heterocycles. The minimum Gasteiger partial charge on any atom is -0.497 e. The van der Waals surface area contributed by atoms with Crippen LogP contribution >= 0.6 is 0 Å². The highest BCUT2D eigenvalue weighted by atomic mass is 16.7. The Kier molecular flexibility index (Phi) is 10.1. The molecule has 198 valence electrons. The molecule has 2 amide bonds. The summed E-state index contributed by atoms with van der Waals surface area (Å²) in [5.41, 5.74) is 2.53. The number of rotatable bonds is 13. The summed E-state index contributed by atoms with van der Waals surface area (Å²) in [6, 6.07) is 19.8. The SMILES string of the molecule is COc1ccc2cc(C(=O)NCCN(C)CCCc3ccc(CN(C=O)OC(C)(C)C)cc3)ccc2c1. The minimum absolute atomic E-state index is 0.0627. The Balaban J connectivity index is 1.37. The summed E-state index contributed by atoms with van der Waals surface area (Å²) in [4.78, 5) is 31.7. The Bertz CT molecular complexity index is 1170. The van der Waals surface area contributed by atoms with Crippen LogP contribution in [0.5, 0.6) is 5.75 Å². The van der Waals surface area contributed by atoms with Crippen LogP contribution in [0.2, 0.25) is 0 Å². The number of hydrogen-bond donors (Lipinski definition) is 1. The van der Waals surface area contributed by atoms with Gasteiger partial charge in [-0.25, -0.2) is 5.06 Å². The zero-order valence-electron chi connectivity index (χ0n) is 22.6. The molecule has 0 aliphatic carbocycles. The third-order valence-electron chi connectivity index (χ3n) is 5.96. The molecule has 7 heteroatoms. The highest BCUT2D eigenvalue weighted by Crippen LogP contribution is 2.22. The first kappa shape index (κ1) is 28.2. The van der Waals surface area contributed by atoms with Gasteiger partial charge in [0.25, 0.3) is 5.91 Å². The van der Waals surface area contributed by atoms with Gasteiger partial charge in [0.15, 0.2) is 0 Å². The number of hydrogen-bond acceptors (Lipinski definition) is 5. The lowest BCUT2D eigenvalue weighted by Crippen LogP contribution is -2.33. The van der Waals surface area contributed by atoms with Crippen molar-refractivity contribution in [2.75, 3.05) is 33.8 Å². The van der Waals surface area contributed by atoms with Gasteiger partial charge in [-0.15, -0.1) is 0 Å². The first-order valence-corrected chi connectivity index (χ1v) is 12.7. The Morgan fingerprint density at radius 1 is 0.946 bits per heavy atom. The number of nitrogens with zero attached hydrogens (tertiary/aromatic N) is 2. The van der Waals surface area contributed by atoms with E-state index in [-0.39, 0.29) is 5.91 Å². The van der Waals surface area contributed by atoms with Crippen molar-refractivity contribution in [2.24, 2.45) is 0 Å². The first-order valence-electron chi connectivity index (χ1n) is 12.7. The smallest absolute Gasteiger partial charge is 0.251 e. The zero-order chi connectivity index (χ0) is 26.8. The van der Waals surface area contributed by atoms with Crippen LogP contribution in [0.15, 0.2) is 60.7 Å². The summed E-state index contributed by atoms with van der Waals surface area (Å²) in [6.45, 7) is 8.48. The summed E-state index contributed by atoms with van der Waals surface area (Å²) < 4.78 is 5.26. The molecule has 0 heterocycles. The Morgan fingerprint density at radius 2 is 1.62 bits per heavy atom. The topological polar surface area (TPSA) is 71.1 Å². The second-order valence-corrected chi connectivity index (χ2v) is 10.3. The monoisotopic (exact) mass is 505 g/mol. The van der Waals surface area contributed by atoms with E-state index in [0.29, 0.717) is 18.7 Å². The van der Waals surface area contributed by atoms with E-state index >= 15 is 0 Å². The molecule has 7 nitrogen and oxygen atoms in total.